The standard InChI is InChI=1S/C15H20N4O/c1-4-7-16-14(20)13-5-8-19(9-6-13)15-17-11(2)10-12(3)18-15/h1,10,13H,5-9H2,2-3H3,(H,16,20). The predicted octanol–water partition coefficient (Wildman–Crippen LogP) is 1.06. The van der Waals surface area contributed by atoms with Gasteiger partial charge in [-0.3, -0.25) is 4.79 Å². The van der Waals surface area contributed by atoms with Gasteiger partial charge in [-0.15, -0.1) is 6.42 Å². The number of amides is 1. The Balaban J connectivity index is 1.94. The van der Waals surface area contributed by atoms with Crippen LogP contribution in [0.1, 0.15) is 24.2 Å². The van der Waals surface area contributed by atoms with E-state index in [0.717, 1.165) is 43.3 Å². The fourth-order valence-electron chi connectivity index (χ4n) is 2.47. The number of hydrogen-bond acceptors (Lipinski definition) is 4. The van der Waals surface area contributed by atoms with Crippen LogP contribution in [0.3, 0.4) is 0 Å². The van der Waals surface area contributed by atoms with Crippen molar-refractivity contribution in [1.82, 2.24) is 15.3 Å². The molecule has 1 aliphatic heterocycles. The minimum Gasteiger partial charge on any atom is -0.345 e. The van der Waals surface area contributed by atoms with Crippen molar-refractivity contribution in [3.8, 4) is 12.3 Å². The summed E-state index contributed by atoms with van der Waals surface area (Å²) in [5.41, 5.74) is 1.95. The Morgan fingerprint density at radius 1 is 1.40 bits per heavy atom. The van der Waals surface area contributed by atoms with Crippen LogP contribution in [0.25, 0.3) is 0 Å². The molecule has 1 saturated heterocycles. The lowest BCUT2D eigenvalue weighted by molar-refractivity contribution is -0.125. The minimum absolute atomic E-state index is 0.0468. The zero-order valence-electron chi connectivity index (χ0n) is 12.0. The molecule has 0 atom stereocenters. The number of carbonyl (C=O) groups is 1. The summed E-state index contributed by atoms with van der Waals surface area (Å²) in [6.07, 6.45) is 6.77. The molecule has 1 amide bonds. The zero-order chi connectivity index (χ0) is 14.5. The summed E-state index contributed by atoms with van der Waals surface area (Å²) in [5.74, 6) is 3.30. The Kier molecular flexibility index (Phi) is 4.57. The highest BCUT2D eigenvalue weighted by Crippen LogP contribution is 2.21. The molecule has 5 nitrogen and oxygen atoms in total. The van der Waals surface area contributed by atoms with Crippen LogP contribution in [0.15, 0.2) is 6.07 Å². The monoisotopic (exact) mass is 272 g/mol. The van der Waals surface area contributed by atoms with E-state index in [9.17, 15) is 4.79 Å². The number of rotatable bonds is 3. The van der Waals surface area contributed by atoms with E-state index in [0.29, 0.717) is 6.54 Å². The number of aromatic nitrogens is 2. The number of nitrogens with zero attached hydrogens (tertiary/aromatic N) is 3. The van der Waals surface area contributed by atoms with Crippen molar-refractivity contribution in [2.75, 3.05) is 24.5 Å². The molecule has 1 aromatic heterocycles. The Morgan fingerprint density at radius 3 is 2.55 bits per heavy atom. The van der Waals surface area contributed by atoms with Crippen LogP contribution in [0.5, 0.6) is 0 Å². The van der Waals surface area contributed by atoms with Crippen LogP contribution in [0.4, 0.5) is 5.95 Å². The zero-order valence-corrected chi connectivity index (χ0v) is 12.0. The molecule has 0 saturated carbocycles. The second-order valence-electron chi connectivity index (χ2n) is 5.13. The minimum atomic E-state index is 0.0468. The number of aryl methyl sites for hydroxylation is 2. The molecule has 106 valence electrons. The second kappa shape index (κ2) is 6.38. The summed E-state index contributed by atoms with van der Waals surface area (Å²) in [7, 11) is 0. The molecule has 1 N–H and O–H groups in total. The first kappa shape index (κ1) is 14.3. The van der Waals surface area contributed by atoms with E-state index in [4.69, 9.17) is 6.42 Å². The van der Waals surface area contributed by atoms with Gasteiger partial charge in [0.25, 0.3) is 0 Å². The van der Waals surface area contributed by atoms with Gasteiger partial charge < -0.3 is 10.2 Å². The summed E-state index contributed by atoms with van der Waals surface area (Å²) in [6.45, 7) is 5.85. The smallest absolute Gasteiger partial charge is 0.225 e. The molecular weight excluding hydrogens is 252 g/mol. The topological polar surface area (TPSA) is 58.1 Å². The predicted molar refractivity (Wildman–Crippen MR) is 78.3 cm³/mol. The Labute approximate surface area is 119 Å². The van der Waals surface area contributed by atoms with Crippen molar-refractivity contribution < 1.29 is 4.79 Å². The lowest BCUT2D eigenvalue weighted by atomic mass is 9.96. The second-order valence-corrected chi connectivity index (χ2v) is 5.13. The molecule has 1 aliphatic rings. The molecule has 0 unspecified atom stereocenters. The Bertz CT molecular complexity index is 507. The molecule has 20 heavy (non-hydrogen) atoms. The van der Waals surface area contributed by atoms with Crippen LogP contribution in [0, 0.1) is 32.1 Å². The summed E-state index contributed by atoms with van der Waals surface area (Å²) >= 11 is 0. The highest BCUT2D eigenvalue weighted by Gasteiger charge is 2.25. The maximum atomic E-state index is 11.9. The molecule has 0 radical (unpaired) electrons. The van der Waals surface area contributed by atoms with E-state index in [1.54, 1.807) is 0 Å². The van der Waals surface area contributed by atoms with Gasteiger partial charge in [0.2, 0.25) is 11.9 Å². The van der Waals surface area contributed by atoms with Crippen molar-refractivity contribution >= 4 is 11.9 Å². The number of terminal acetylenes is 1. The highest BCUT2D eigenvalue weighted by molar-refractivity contribution is 5.79. The maximum absolute atomic E-state index is 11.9. The Hall–Kier alpha value is -2.09. The van der Waals surface area contributed by atoms with Crippen molar-refractivity contribution in [2.45, 2.75) is 26.7 Å². The lowest BCUT2D eigenvalue weighted by Crippen LogP contribution is -2.41. The van der Waals surface area contributed by atoms with Gasteiger partial charge in [-0.25, -0.2) is 9.97 Å². The number of piperidine rings is 1. The molecule has 2 rings (SSSR count). The maximum Gasteiger partial charge on any atom is 0.225 e. The van der Waals surface area contributed by atoms with Gasteiger partial charge >= 0.3 is 0 Å². The van der Waals surface area contributed by atoms with Gasteiger partial charge in [0.15, 0.2) is 0 Å². The van der Waals surface area contributed by atoms with E-state index in [1.165, 1.54) is 0 Å². The fraction of sp³-hybridized carbons (Fsp3) is 0.533. The van der Waals surface area contributed by atoms with Gasteiger partial charge in [0.05, 0.1) is 6.54 Å². The van der Waals surface area contributed by atoms with Gasteiger partial charge in [0, 0.05) is 30.4 Å². The van der Waals surface area contributed by atoms with Gasteiger partial charge in [-0.1, -0.05) is 5.92 Å². The van der Waals surface area contributed by atoms with E-state index >= 15 is 0 Å². The largest absolute Gasteiger partial charge is 0.345 e. The SMILES string of the molecule is C#CCNC(=O)C1CCN(c2nc(C)cc(C)n2)CC1. The molecule has 0 aromatic carbocycles. The first-order valence-corrected chi connectivity index (χ1v) is 6.88. The average Bonchev–Trinajstić information content (AvgIpc) is 2.44. The number of nitrogens with one attached hydrogen (secondary N) is 1. The molecule has 5 heteroatoms. The number of carbonyl (C=O) groups excluding carboxylic acids is 1. The molecule has 0 aliphatic carbocycles. The third-order valence-corrected chi connectivity index (χ3v) is 3.48. The van der Waals surface area contributed by atoms with E-state index in [-0.39, 0.29) is 11.8 Å². The van der Waals surface area contributed by atoms with Crippen LogP contribution in [-0.2, 0) is 4.79 Å². The molecule has 1 aromatic rings. The third kappa shape index (κ3) is 3.47. The molecule has 0 bridgehead atoms. The summed E-state index contributed by atoms with van der Waals surface area (Å²) in [6, 6.07) is 1.96. The van der Waals surface area contributed by atoms with Crippen LogP contribution >= 0.6 is 0 Å². The lowest BCUT2D eigenvalue weighted by Gasteiger charge is -2.31. The van der Waals surface area contributed by atoms with Crippen LogP contribution < -0.4 is 10.2 Å². The van der Waals surface area contributed by atoms with E-state index < -0.39 is 0 Å². The first-order chi connectivity index (χ1) is 9.60. The van der Waals surface area contributed by atoms with Crippen LogP contribution in [0.2, 0.25) is 0 Å². The highest BCUT2D eigenvalue weighted by atomic mass is 16.1. The molecular formula is C15H20N4O. The van der Waals surface area contributed by atoms with Gasteiger partial charge in [-0.2, -0.15) is 0 Å². The van der Waals surface area contributed by atoms with E-state index in [1.807, 2.05) is 19.9 Å². The summed E-state index contributed by atoms with van der Waals surface area (Å²) < 4.78 is 0. The van der Waals surface area contributed by atoms with Gasteiger partial charge in [-0.05, 0) is 32.8 Å². The number of anilines is 1. The van der Waals surface area contributed by atoms with E-state index in [2.05, 4.69) is 26.1 Å². The average molecular weight is 272 g/mol. The summed E-state index contributed by atoms with van der Waals surface area (Å²) in [5, 5.41) is 2.75. The number of hydrogen-bond donors (Lipinski definition) is 1. The van der Waals surface area contributed by atoms with Crippen molar-refractivity contribution in [2.24, 2.45) is 5.92 Å². The summed E-state index contributed by atoms with van der Waals surface area (Å²) in [4.78, 5) is 22.9. The molecule has 0 spiro atoms. The third-order valence-electron chi connectivity index (χ3n) is 3.48. The molecule has 1 fully saturated rings. The first-order valence-electron chi connectivity index (χ1n) is 6.88. The normalized spacial score (nSPS) is 15.8. The van der Waals surface area contributed by atoms with Crippen molar-refractivity contribution in [1.29, 1.82) is 0 Å². The Morgan fingerprint density at radius 2 is 2.00 bits per heavy atom. The van der Waals surface area contributed by atoms with Crippen molar-refractivity contribution in [3.63, 3.8) is 0 Å². The van der Waals surface area contributed by atoms with Gasteiger partial charge in [0.1, 0.15) is 0 Å². The quantitative estimate of drug-likeness (QED) is 0.836. The molecule has 2 heterocycles. The van der Waals surface area contributed by atoms with Crippen molar-refractivity contribution in [3.05, 3.63) is 17.5 Å². The van der Waals surface area contributed by atoms with Crippen LogP contribution in [-0.4, -0.2) is 35.5 Å². The fourth-order valence-corrected chi connectivity index (χ4v) is 2.47.